The molecule has 3 rings (SSSR count). The van der Waals surface area contributed by atoms with Crippen LogP contribution in [0.15, 0.2) is 12.3 Å². The number of hydrogen-bond donors (Lipinski definition) is 1. The van der Waals surface area contributed by atoms with E-state index in [1.54, 1.807) is 12.3 Å². The first-order chi connectivity index (χ1) is 9.65. The highest BCUT2D eigenvalue weighted by Crippen LogP contribution is 2.39. The zero-order valence-corrected chi connectivity index (χ0v) is 12.1. The summed E-state index contributed by atoms with van der Waals surface area (Å²) in [5.41, 5.74) is 5.45. The number of rotatable bonds is 3. The van der Waals surface area contributed by atoms with Crippen molar-refractivity contribution in [1.29, 1.82) is 0 Å². The maximum Gasteiger partial charge on any atom is 0.328 e. The number of ether oxygens (including phenoxy) is 2. The monoisotopic (exact) mass is 297 g/mol. The van der Waals surface area contributed by atoms with E-state index < -0.39 is 0 Å². The van der Waals surface area contributed by atoms with Gasteiger partial charge in [-0.1, -0.05) is 0 Å². The van der Waals surface area contributed by atoms with Crippen molar-refractivity contribution in [1.82, 2.24) is 9.78 Å². The molecule has 2 saturated heterocycles. The average Bonchev–Trinajstić information content (AvgIpc) is 2.99. The zero-order valence-electron chi connectivity index (χ0n) is 11.3. The highest BCUT2D eigenvalue weighted by molar-refractivity contribution is 7.99. The molecule has 0 aliphatic carbocycles. The smallest absolute Gasteiger partial charge is 0.328 e. The number of carbonyl (C=O) groups excluding carboxylic acids is 1. The molecule has 1 aromatic rings. The number of thioether (sulfide) groups is 1. The molecule has 0 amide bonds. The van der Waals surface area contributed by atoms with Gasteiger partial charge in [-0.3, -0.25) is 9.48 Å². The molecule has 3 heterocycles. The number of nitrogens with zero attached hydrogens (tertiary/aromatic N) is 2. The van der Waals surface area contributed by atoms with Crippen LogP contribution in [-0.2, 0) is 20.8 Å². The molecule has 2 N–H and O–H groups in total. The molecule has 0 bridgehead atoms. The Kier molecular flexibility index (Phi) is 3.89. The number of esters is 1. The summed E-state index contributed by atoms with van der Waals surface area (Å²) in [6.07, 6.45) is 4.28. The summed E-state index contributed by atoms with van der Waals surface area (Å²) in [4.78, 5) is 11.9. The van der Waals surface area contributed by atoms with E-state index in [0.29, 0.717) is 12.4 Å². The van der Waals surface area contributed by atoms with Crippen LogP contribution in [0.4, 0.5) is 5.82 Å². The van der Waals surface area contributed by atoms with E-state index in [1.165, 1.54) is 4.68 Å². The molecule has 1 spiro atoms. The Morgan fingerprint density at radius 2 is 2.60 bits per heavy atom. The second-order valence-corrected chi connectivity index (χ2v) is 6.48. The third-order valence-corrected chi connectivity index (χ3v) is 4.99. The molecule has 0 radical (unpaired) electrons. The van der Waals surface area contributed by atoms with Gasteiger partial charge in [-0.2, -0.15) is 16.9 Å². The van der Waals surface area contributed by atoms with E-state index in [0.717, 1.165) is 30.8 Å². The number of aromatic nitrogens is 2. The molecule has 2 aliphatic heterocycles. The van der Waals surface area contributed by atoms with Crippen LogP contribution in [0.2, 0.25) is 0 Å². The van der Waals surface area contributed by atoms with E-state index in [1.807, 2.05) is 11.8 Å². The summed E-state index contributed by atoms with van der Waals surface area (Å²) in [6.45, 7) is 0.781. The van der Waals surface area contributed by atoms with Gasteiger partial charge in [-0.15, -0.1) is 0 Å². The van der Waals surface area contributed by atoms with E-state index in [2.05, 4.69) is 5.10 Å². The molecule has 7 heteroatoms. The minimum atomic E-state index is -0.263. The van der Waals surface area contributed by atoms with Crippen LogP contribution in [0.25, 0.3) is 0 Å². The van der Waals surface area contributed by atoms with E-state index in [9.17, 15) is 4.79 Å². The van der Waals surface area contributed by atoms with Gasteiger partial charge in [0.05, 0.1) is 12.2 Å². The van der Waals surface area contributed by atoms with Crippen LogP contribution in [0.5, 0.6) is 0 Å². The lowest BCUT2D eigenvalue weighted by Gasteiger charge is -2.37. The number of hydrogen-bond acceptors (Lipinski definition) is 6. The van der Waals surface area contributed by atoms with Gasteiger partial charge in [-0.25, -0.2) is 0 Å². The maximum atomic E-state index is 11.9. The summed E-state index contributed by atoms with van der Waals surface area (Å²) < 4.78 is 13.0. The molecule has 2 fully saturated rings. The van der Waals surface area contributed by atoms with Crippen molar-refractivity contribution in [3.05, 3.63) is 12.3 Å². The van der Waals surface area contributed by atoms with Crippen LogP contribution < -0.4 is 5.73 Å². The fourth-order valence-electron chi connectivity index (χ4n) is 2.77. The fourth-order valence-corrected chi connectivity index (χ4v) is 4.15. The summed E-state index contributed by atoms with van der Waals surface area (Å²) in [6, 6.07) is 1.66. The predicted octanol–water partition coefficient (Wildman–Crippen LogP) is 1.06. The van der Waals surface area contributed by atoms with Gasteiger partial charge < -0.3 is 15.2 Å². The Morgan fingerprint density at radius 1 is 1.70 bits per heavy atom. The average molecular weight is 297 g/mol. The molecule has 6 nitrogen and oxygen atoms in total. The van der Waals surface area contributed by atoms with Crippen molar-refractivity contribution in [3.8, 4) is 0 Å². The van der Waals surface area contributed by atoms with Crippen molar-refractivity contribution >= 4 is 23.5 Å². The summed E-state index contributed by atoms with van der Waals surface area (Å²) in [7, 11) is 0. The normalized spacial score (nSPS) is 29.7. The second kappa shape index (κ2) is 5.65. The quantitative estimate of drug-likeness (QED) is 0.841. The van der Waals surface area contributed by atoms with Crippen LogP contribution in [-0.4, -0.2) is 45.6 Å². The summed E-state index contributed by atoms with van der Waals surface area (Å²) in [5, 5.41) is 3.98. The molecular formula is C13H19N3O3S. The first kappa shape index (κ1) is 13.8. The first-order valence-electron chi connectivity index (χ1n) is 6.85. The summed E-state index contributed by atoms with van der Waals surface area (Å²) >= 11 is 1.91. The Morgan fingerprint density at radius 3 is 3.30 bits per heavy atom. The number of nitrogen functional groups attached to an aromatic ring is 1. The van der Waals surface area contributed by atoms with Crippen molar-refractivity contribution in [2.45, 2.75) is 37.5 Å². The molecule has 1 aromatic heterocycles. The maximum absolute atomic E-state index is 11.9. The summed E-state index contributed by atoms with van der Waals surface area (Å²) in [5.74, 6) is 2.29. The van der Waals surface area contributed by atoms with Gasteiger partial charge in [0.15, 0.2) is 0 Å². The lowest BCUT2D eigenvalue weighted by Crippen LogP contribution is -2.43. The molecule has 2 atom stereocenters. The highest BCUT2D eigenvalue weighted by atomic mass is 32.2. The number of anilines is 1. The van der Waals surface area contributed by atoms with Crippen molar-refractivity contribution in [2.24, 2.45) is 0 Å². The molecule has 0 aromatic carbocycles. The molecule has 2 unspecified atom stereocenters. The lowest BCUT2D eigenvalue weighted by molar-refractivity contribution is -0.163. The van der Waals surface area contributed by atoms with E-state index in [4.69, 9.17) is 15.2 Å². The van der Waals surface area contributed by atoms with Crippen molar-refractivity contribution < 1.29 is 14.3 Å². The molecule has 110 valence electrons. The molecular weight excluding hydrogens is 278 g/mol. The Labute approximate surface area is 122 Å². The van der Waals surface area contributed by atoms with Crippen molar-refractivity contribution in [3.63, 3.8) is 0 Å². The largest absolute Gasteiger partial charge is 0.461 e. The van der Waals surface area contributed by atoms with Crippen LogP contribution in [0.3, 0.4) is 0 Å². The highest BCUT2D eigenvalue weighted by Gasteiger charge is 2.41. The Hall–Kier alpha value is -1.21. The minimum Gasteiger partial charge on any atom is -0.461 e. The predicted molar refractivity (Wildman–Crippen MR) is 76.4 cm³/mol. The van der Waals surface area contributed by atoms with Crippen LogP contribution in [0, 0.1) is 0 Å². The van der Waals surface area contributed by atoms with Gasteiger partial charge in [0.2, 0.25) is 0 Å². The van der Waals surface area contributed by atoms with Gasteiger partial charge in [0, 0.05) is 24.8 Å². The molecule has 2 aliphatic rings. The lowest BCUT2D eigenvalue weighted by atomic mass is 9.91. The number of carbonyl (C=O) groups is 1. The topological polar surface area (TPSA) is 79.4 Å². The van der Waals surface area contributed by atoms with Gasteiger partial charge in [0.25, 0.3) is 0 Å². The minimum absolute atomic E-state index is 0.0390. The molecule has 20 heavy (non-hydrogen) atoms. The SMILES string of the molecule is Nc1ccn(CC(=O)OC2CCOC3(CCSC3)C2)n1. The van der Waals surface area contributed by atoms with E-state index >= 15 is 0 Å². The molecule has 0 saturated carbocycles. The first-order valence-corrected chi connectivity index (χ1v) is 8.01. The Bertz CT molecular complexity index is 485. The van der Waals surface area contributed by atoms with Crippen LogP contribution in [0.1, 0.15) is 19.3 Å². The zero-order chi connectivity index (χ0) is 14.0. The second-order valence-electron chi connectivity index (χ2n) is 5.38. The van der Waals surface area contributed by atoms with Crippen molar-refractivity contribution in [2.75, 3.05) is 23.8 Å². The van der Waals surface area contributed by atoms with Gasteiger partial charge in [-0.05, 0) is 18.2 Å². The standard InChI is InChI=1S/C13H19N3O3S/c14-11-1-4-16(15-11)8-12(17)19-10-2-5-18-13(7-10)3-6-20-9-13/h1,4,10H,2-3,5-9H2,(H2,14,15). The van der Waals surface area contributed by atoms with Crippen LogP contribution >= 0.6 is 11.8 Å². The number of nitrogens with two attached hydrogens (primary N) is 1. The fraction of sp³-hybridized carbons (Fsp3) is 0.692. The van der Waals surface area contributed by atoms with Gasteiger partial charge >= 0.3 is 5.97 Å². The third-order valence-electron chi connectivity index (χ3n) is 3.77. The van der Waals surface area contributed by atoms with E-state index in [-0.39, 0.29) is 24.2 Å². The third kappa shape index (κ3) is 3.09. The Balaban J connectivity index is 1.53. The van der Waals surface area contributed by atoms with Gasteiger partial charge in [0.1, 0.15) is 18.5 Å².